The van der Waals surface area contributed by atoms with E-state index in [2.05, 4.69) is 12.2 Å². The van der Waals surface area contributed by atoms with Crippen molar-refractivity contribution in [2.45, 2.75) is 44.9 Å². The van der Waals surface area contributed by atoms with E-state index in [1.165, 1.54) is 6.07 Å². The standard InChI is InChI=1S/C14H20FNO/c1-2-14-9-13(6-7-17-14)16-10-11-4-3-5-12(15)8-11/h3-5,8,13-14,16H,2,6-7,9-10H2,1H3. The summed E-state index contributed by atoms with van der Waals surface area (Å²) in [6.07, 6.45) is 3.56. The number of halogens is 1. The van der Waals surface area contributed by atoms with Crippen LogP contribution < -0.4 is 5.32 Å². The molecule has 2 rings (SSSR count). The topological polar surface area (TPSA) is 21.3 Å². The summed E-state index contributed by atoms with van der Waals surface area (Å²) in [7, 11) is 0. The molecule has 2 atom stereocenters. The maximum atomic E-state index is 13.0. The monoisotopic (exact) mass is 237 g/mol. The highest BCUT2D eigenvalue weighted by atomic mass is 19.1. The molecule has 0 amide bonds. The lowest BCUT2D eigenvalue weighted by atomic mass is 10.0. The van der Waals surface area contributed by atoms with Crippen LogP contribution in [-0.2, 0) is 11.3 Å². The van der Waals surface area contributed by atoms with Gasteiger partial charge in [0.05, 0.1) is 6.10 Å². The first-order valence-corrected chi connectivity index (χ1v) is 6.37. The Morgan fingerprint density at radius 2 is 2.35 bits per heavy atom. The van der Waals surface area contributed by atoms with Gasteiger partial charge in [0.2, 0.25) is 0 Å². The second-order valence-electron chi connectivity index (χ2n) is 4.63. The number of hydrogen-bond donors (Lipinski definition) is 1. The van der Waals surface area contributed by atoms with Gasteiger partial charge in [-0.2, -0.15) is 0 Å². The minimum Gasteiger partial charge on any atom is -0.378 e. The van der Waals surface area contributed by atoms with Crippen LogP contribution in [0.15, 0.2) is 24.3 Å². The van der Waals surface area contributed by atoms with Crippen molar-refractivity contribution in [3.63, 3.8) is 0 Å². The minimum atomic E-state index is -0.164. The van der Waals surface area contributed by atoms with Gasteiger partial charge in [-0.25, -0.2) is 4.39 Å². The Kier molecular flexibility index (Phi) is 4.51. The molecule has 1 aromatic rings. The van der Waals surface area contributed by atoms with Crippen molar-refractivity contribution < 1.29 is 9.13 Å². The van der Waals surface area contributed by atoms with Crippen LogP contribution in [0.5, 0.6) is 0 Å². The molecule has 1 saturated heterocycles. The molecule has 3 heteroatoms. The Bertz CT molecular complexity index is 356. The van der Waals surface area contributed by atoms with E-state index in [1.54, 1.807) is 12.1 Å². The number of ether oxygens (including phenoxy) is 1. The maximum absolute atomic E-state index is 13.0. The van der Waals surface area contributed by atoms with E-state index in [0.717, 1.165) is 38.0 Å². The zero-order valence-electron chi connectivity index (χ0n) is 10.3. The van der Waals surface area contributed by atoms with Gasteiger partial charge in [-0.3, -0.25) is 0 Å². The fourth-order valence-electron chi connectivity index (χ4n) is 2.26. The minimum absolute atomic E-state index is 0.164. The highest BCUT2D eigenvalue weighted by Gasteiger charge is 2.20. The third-order valence-corrected chi connectivity index (χ3v) is 3.31. The van der Waals surface area contributed by atoms with Gasteiger partial charge < -0.3 is 10.1 Å². The number of rotatable bonds is 4. The zero-order chi connectivity index (χ0) is 12.1. The van der Waals surface area contributed by atoms with Crippen molar-refractivity contribution in [3.05, 3.63) is 35.6 Å². The summed E-state index contributed by atoms with van der Waals surface area (Å²) in [6, 6.07) is 7.27. The quantitative estimate of drug-likeness (QED) is 0.869. The van der Waals surface area contributed by atoms with Crippen LogP contribution in [0.25, 0.3) is 0 Å². The molecule has 2 unspecified atom stereocenters. The van der Waals surface area contributed by atoms with Gasteiger partial charge >= 0.3 is 0 Å². The Morgan fingerprint density at radius 1 is 1.47 bits per heavy atom. The Labute approximate surface area is 102 Å². The van der Waals surface area contributed by atoms with Crippen LogP contribution in [-0.4, -0.2) is 18.8 Å². The van der Waals surface area contributed by atoms with E-state index in [4.69, 9.17) is 4.74 Å². The highest BCUT2D eigenvalue weighted by Crippen LogP contribution is 2.16. The Balaban J connectivity index is 1.81. The second-order valence-corrected chi connectivity index (χ2v) is 4.63. The first kappa shape index (κ1) is 12.5. The van der Waals surface area contributed by atoms with Crippen LogP contribution in [0.3, 0.4) is 0 Å². The SMILES string of the molecule is CCC1CC(NCc2cccc(F)c2)CCO1. The summed E-state index contributed by atoms with van der Waals surface area (Å²) in [5.74, 6) is -0.164. The summed E-state index contributed by atoms with van der Waals surface area (Å²) in [5.41, 5.74) is 1.00. The lowest BCUT2D eigenvalue weighted by Gasteiger charge is -2.29. The molecule has 1 aromatic carbocycles. The van der Waals surface area contributed by atoms with Crippen LogP contribution in [0.4, 0.5) is 4.39 Å². The van der Waals surface area contributed by atoms with E-state index < -0.39 is 0 Å². The van der Waals surface area contributed by atoms with E-state index in [9.17, 15) is 4.39 Å². The predicted octanol–water partition coefficient (Wildman–Crippen LogP) is 2.87. The summed E-state index contributed by atoms with van der Waals surface area (Å²) < 4.78 is 18.6. The summed E-state index contributed by atoms with van der Waals surface area (Å²) in [6.45, 7) is 3.72. The normalized spacial score (nSPS) is 24.8. The van der Waals surface area contributed by atoms with Crippen LogP contribution in [0.2, 0.25) is 0 Å². The first-order valence-electron chi connectivity index (χ1n) is 6.37. The molecule has 0 bridgehead atoms. The lowest BCUT2D eigenvalue weighted by molar-refractivity contribution is -0.000322. The third kappa shape index (κ3) is 3.79. The van der Waals surface area contributed by atoms with Crippen LogP contribution in [0.1, 0.15) is 31.7 Å². The number of hydrogen-bond acceptors (Lipinski definition) is 2. The molecule has 0 radical (unpaired) electrons. The molecule has 1 heterocycles. The summed E-state index contributed by atoms with van der Waals surface area (Å²) in [5, 5.41) is 3.48. The van der Waals surface area contributed by atoms with Gasteiger partial charge in [0.15, 0.2) is 0 Å². The van der Waals surface area contributed by atoms with Gasteiger partial charge in [0, 0.05) is 19.2 Å². The average Bonchev–Trinajstić information content (AvgIpc) is 2.37. The second kappa shape index (κ2) is 6.12. The van der Waals surface area contributed by atoms with E-state index in [-0.39, 0.29) is 5.82 Å². The van der Waals surface area contributed by atoms with Gasteiger partial charge in [-0.05, 0) is 37.0 Å². The average molecular weight is 237 g/mol. The molecule has 0 spiro atoms. The van der Waals surface area contributed by atoms with Gasteiger partial charge in [-0.15, -0.1) is 0 Å². The molecule has 17 heavy (non-hydrogen) atoms. The van der Waals surface area contributed by atoms with E-state index in [0.29, 0.717) is 12.1 Å². The highest BCUT2D eigenvalue weighted by molar-refractivity contribution is 5.16. The molecule has 94 valence electrons. The van der Waals surface area contributed by atoms with Crippen LogP contribution >= 0.6 is 0 Å². The molecule has 0 aromatic heterocycles. The molecule has 1 aliphatic rings. The van der Waals surface area contributed by atoms with E-state index >= 15 is 0 Å². The molecule has 2 nitrogen and oxygen atoms in total. The predicted molar refractivity (Wildman–Crippen MR) is 66.3 cm³/mol. The summed E-state index contributed by atoms with van der Waals surface area (Å²) >= 11 is 0. The van der Waals surface area contributed by atoms with Gasteiger partial charge in [-0.1, -0.05) is 19.1 Å². The van der Waals surface area contributed by atoms with Gasteiger partial charge in [0.25, 0.3) is 0 Å². The molecular weight excluding hydrogens is 217 g/mol. The Morgan fingerprint density at radius 3 is 3.12 bits per heavy atom. The first-order chi connectivity index (χ1) is 8.28. The molecule has 1 N–H and O–H groups in total. The van der Waals surface area contributed by atoms with Crippen molar-refractivity contribution in [3.8, 4) is 0 Å². The van der Waals surface area contributed by atoms with Crippen molar-refractivity contribution in [2.75, 3.05) is 6.61 Å². The summed E-state index contributed by atoms with van der Waals surface area (Å²) in [4.78, 5) is 0. The third-order valence-electron chi connectivity index (χ3n) is 3.31. The Hall–Kier alpha value is -0.930. The smallest absolute Gasteiger partial charge is 0.123 e. The van der Waals surface area contributed by atoms with Crippen molar-refractivity contribution in [1.29, 1.82) is 0 Å². The van der Waals surface area contributed by atoms with Crippen LogP contribution in [0, 0.1) is 5.82 Å². The number of nitrogens with one attached hydrogen (secondary N) is 1. The fraction of sp³-hybridized carbons (Fsp3) is 0.571. The fourth-order valence-corrected chi connectivity index (χ4v) is 2.26. The lowest BCUT2D eigenvalue weighted by Crippen LogP contribution is -2.38. The van der Waals surface area contributed by atoms with Crippen molar-refractivity contribution in [1.82, 2.24) is 5.32 Å². The van der Waals surface area contributed by atoms with Crippen molar-refractivity contribution in [2.24, 2.45) is 0 Å². The van der Waals surface area contributed by atoms with E-state index in [1.807, 2.05) is 6.07 Å². The largest absolute Gasteiger partial charge is 0.378 e. The number of benzene rings is 1. The molecule has 1 aliphatic heterocycles. The van der Waals surface area contributed by atoms with Gasteiger partial charge in [0.1, 0.15) is 5.82 Å². The zero-order valence-corrected chi connectivity index (χ0v) is 10.3. The molecular formula is C14H20FNO. The maximum Gasteiger partial charge on any atom is 0.123 e. The molecule has 1 fully saturated rings. The molecule has 0 saturated carbocycles. The molecule has 0 aliphatic carbocycles. The van der Waals surface area contributed by atoms with Crippen molar-refractivity contribution >= 4 is 0 Å².